The van der Waals surface area contributed by atoms with Gasteiger partial charge in [-0.15, -0.1) is 5.10 Å². The zero-order valence-electron chi connectivity index (χ0n) is 13.3. The Bertz CT molecular complexity index is 697. The maximum Gasteiger partial charge on any atom is 0.327 e. The van der Waals surface area contributed by atoms with E-state index in [-0.39, 0.29) is 17.8 Å². The van der Waals surface area contributed by atoms with Crippen LogP contribution in [-0.2, 0) is 16.8 Å². The van der Waals surface area contributed by atoms with E-state index in [1.165, 1.54) is 4.68 Å². The van der Waals surface area contributed by atoms with Crippen LogP contribution in [0, 0.1) is 0 Å². The van der Waals surface area contributed by atoms with Gasteiger partial charge in [-0.2, -0.15) is 10.1 Å². The van der Waals surface area contributed by atoms with E-state index in [0.717, 1.165) is 0 Å². The molecule has 0 saturated heterocycles. The predicted octanol–water partition coefficient (Wildman–Crippen LogP) is 0.818. The Labute approximate surface area is 132 Å². The number of nitrogens with one attached hydrogen (secondary N) is 3. The van der Waals surface area contributed by atoms with E-state index in [2.05, 4.69) is 30.9 Å². The first-order valence-electron chi connectivity index (χ1n) is 7.06. The van der Waals surface area contributed by atoms with Crippen LogP contribution in [0.25, 0.3) is 0 Å². The van der Waals surface area contributed by atoms with E-state index < -0.39 is 11.9 Å². The summed E-state index contributed by atoms with van der Waals surface area (Å²) in [6, 6.07) is 1.10. The minimum absolute atomic E-state index is 0.181. The Kier molecular flexibility index (Phi) is 4.63. The molecule has 10 heteroatoms. The highest BCUT2D eigenvalue weighted by Crippen LogP contribution is 2.18. The molecule has 5 N–H and O–H groups in total. The highest BCUT2D eigenvalue weighted by molar-refractivity contribution is 5.97. The Morgan fingerprint density at radius 3 is 2.70 bits per heavy atom. The van der Waals surface area contributed by atoms with E-state index in [4.69, 9.17) is 5.73 Å². The van der Waals surface area contributed by atoms with E-state index in [9.17, 15) is 9.59 Å². The van der Waals surface area contributed by atoms with Gasteiger partial charge in [0.2, 0.25) is 11.9 Å². The standard InChI is InChI=1S/C13H20N8O2/c1-13(2,3)10-16-11(19-18-10)17-12(23)15-9-5-7-21(20-9)6-4-8(14)22/h5,7H,4,6H2,1-3H3,(H2,14,22)(H3,15,16,17,18,19,20,23). The lowest BCUT2D eigenvalue weighted by atomic mass is 9.96. The van der Waals surface area contributed by atoms with Crippen LogP contribution in [0.15, 0.2) is 12.3 Å². The van der Waals surface area contributed by atoms with Crippen LogP contribution >= 0.6 is 0 Å². The Balaban J connectivity index is 1.90. The second-order valence-electron chi connectivity index (χ2n) is 6.02. The zero-order chi connectivity index (χ0) is 17.0. The third-order valence-electron chi connectivity index (χ3n) is 2.89. The summed E-state index contributed by atoms with van der Waals surface area (Å²) in [4.78, 5) is 26.8. The highest BCUT2D eigenvalue weighted by Gasteiger charge is 2.19. The van der Waals surface area contributed by atoms with Gasteiger partial charge in [0.15, 0.2) is 5.82 Å². The van der Waals surface area contributed by atoms with Crippen molar-refractivity contribution in [1.29, 1.82) is 0 Å². The molecule has 2 rings (SSSR count). The van der Waals surface area contributed by atoms with Crippen molar-refractivity contribution in [3.8, 4) is 0 Å². The number of hydrogen-bond acceptors (Lipinski definition) is 5. The number of carbonyl (C=O) groups excluding carboxylic acids is 2. The van der Waals surface area contributed by atoms with Gasteiger partial charge in [-0.1, -0.05) is 20.8 Å². The van der Waals surface area contributed by atoms with Crippen molar-refractivity contribution in [3.63, 3.8) is 0 Å². The first kappa shape index (κ1) is 16.5. The molecule has 0 atom stereocenters. The SMILES string of the molecule is CC(C)(C)c1nc(NC(=O)Nc2ccn(CCC(N)=O)n2)n[nH]1. The van der Waals surface area contributed by atoms with E-state index in [1.807, 2.05) is 20.8 Å². The highest BCUT2D eigenvalue weighted by atomic mass is 16.2. The number of H-pyrrole nitrogens is 1. The number of hydrogen-bond donors (Lipinski definition) is 4. The van der Waals surface area contributed by atoms with Crippen LogP contribution in [0.5, 0.6) is 0 Å². The first-order valence-corrected chi connectivity index (χ1v) is 7.06. The summed E-state index contributed by atoms with van der Waals surface area (Å²) in [6.07, 6.45) is 1.82. The zero-order valence-corrected chi connectivity index (χ0v) is 13.3. The molecule has 0 aromatic carbocycles. The quantitative estimate of drug-likeness (QED) is 0.644. The molecule has 0 bridgehead atoms. The molecule has 23 heavy (non-hydrogen) atoms. The topological polar surface area (TPSA) is 144 Å². The van der Waals surface area contributed by atoms with Gasteiger partial charge in [-0.05, 0) is 0 Å². The Morgan fingerprint density at radius 1 is 1.35 bits per heavy atom. The van der Waals surface area contributed by atoms with Crippen LogP contribution < -0.4 is 16.4 Å². The number of amides is 3. The molecule has 0 saturated carbocycles. The molecule has 0 aliphatic carbocycles. The summed E-state index contributed by atoms with van der Waals surface area (Å²) in [7, 11) is 0. The van der Waals surface area contributed by atoms with Gasteiger partial charge in [0.1, 0.15) is 5.82 Å². The average Bonchev–Trinajstić information content (AvgIpc) is 3.05. The number of carbonyl (C=O) groups is 2. The number of aromatic amines is 1. The van der Waals surface area contributed by atoms with Gasteiger partial charge < -0.3 is 5.73 Å². The number of nitrogens with zero attached hydrogens (tertiary/aromatic N) is 4. The molecule has 2 aromatic heterocycles. The molecule has 0 unspecified atom stereocenters. The lowest BCUT2D eigenvalue weighted by Gasteiger charge is -2.12. The molecular weight excluding hydrogens is 300 g/mol. The van der Waals surface area contributed by atoms with Crippen LogP contribution in [0.1, 0.15) is 33.0 Å². The van der Waals surface area contributed by atoms with Crippen molar-refractivity contribution < 1.29 is 9.59 Å². The molecule has 0 aliphatic rings. The average molecular weight is 320 g/mol. The molecular formula is C13H20N8O2. The van der Waals surface area contributed by atoms with Crippen molar-refractivity contribution >= 4 is 23.7 Å². The number of nitrogens with two attached hydrogens (primary N) is 1. The molecule has 0 spiro atoms. The number of rotatable bonds is 5. The van der Waals surface area contributed by atoms with Crippen molar-refractivity contribution in [2.45, 2.75) is 39.2 Å². The molecule has 0 fully saturated rings. The Hall–Kier alpha value is -2.91. The van der Waals surface area contributed by atoms with Crippen LogP contribution in [-0.4, -0.2) is 36.9 Å². The Morgan fingerprint density at radius 2 is 2.09 bits per heavy atom. The maximum absolute atomic E-state index is 11.9. The third-order valence-corrected chi connectivity index (χ3v) is 2.89. The molecule has 0 aliphatic heterocycles. The largest absolute Gasteiger partial charge is 0.370 e. The first-order chi connectivity index (χ1) is 10.7. The summed E-state index contributed by atoms with van der Waals surface area (Å²) in [5, 5.41) is 15.9. The normalized spacial score (nSPS) is 11.3. The fraction of sp³-hybridized carbons (Fsp3) is 0.462. The maximum atomic E-state index is 11.9. The van der Waals surface area contributed by atoms with Gasteiger partial charge in [0.05, 0.1) is 0 Å². The van der Waals surface area contributed by atoms with Crippen molar-refractivity contribution in [2.24, 2.45) is 5.73 Å². The summed E-state index contributed by atoms with van der Waals surface area (Å²) >= 11 is 0. The summed E-state index contributed by atoms with van der Waals surface area (Å²) in [5.41, 5.74) is 4.88. The number of primary amides is 1. The number of anilines is 2. The van der Waals surface area contributed by atoms with Gasteiger partial charge in [0, 0.05) is 30.6 Å². The van der Waals surface area contributed by atoms with E-state index in [1.54, 1.807) is 12.3 Å². The van der Waals surface area contributed by atoms with Crippen molar-refractivity contribution in [2.75, 3.05) is 10.6 Å². The smallest absolute Gasteiger partial charge is 0.327 e. The van der Waals surface area contributed by atoms with Gasteiger partial charge in [-0.25, -0.2) is 4.79 Å². The minimum atomic E-state index is -0.510. The molecule has 124 valence electrons. The third kappa shape index (κ3) is 4.80. The van der Waals surface area contributed by atoms with Crippen molar-refractivity contribution in [3.05, 3.63) is 18.1 Å². The van der Waals surface area contributed by atoms with Crippen LogP contribution in [0.2, 0.25) is 0 Å². The van der Waals surface area contributed by atoms with Crippen LogP contribution in [0.4, 0.5) is 16.6 Å². The van der Waals surface area contributed by atoms with E-state index in [0.29, 0.717) is 18.2 Å². The molecule has 2 heterocycles. The lowest BCUT2D eigenvalue weighted by Crippen LogP contribution is -2.21. The minimum Gasteiger partial charge on any atom is -0.370 e. The fourth-order valence-corrected chi connectivity index (χ4v) is 1.68. The van der Waals surface area contributed by atoms with Gasteiger partial charge in [-0.3, -0.25) is 25.2 Å². The van der Waals surface area contributed by atoms with Crippen LogP contribution in [0.3, 0.4) is 0 Å². The lowest BCUT2D eigenvalue weighted by molar-refractivity contribution is -0.118. The molecule has 0 radical (unpaired) electrons. The second-order valence-corrected chi connectivity index (χ2v) is 6.02. The fourth-order valence-electron chi connectivity index (χ4n) is 1.68. The number of aromatic nitrogens is 5. The van der Waals surface area contributed by atoms with Crippen molar-refractivity contribution in [1.82, 2.24) is 25.0 Å². The summed E-state index contributed by atoms with van der Waals surface area (Å²) in [6.45, 7) is 6.30. The summed E-state index contributed by atoms with van der Waals surface area (Å²) in [5.74, 6) is 0.787. The monoisotopic (exact) mass is 320 g/mol. The van der Waals surface area contributed by atoms with E-state index >= 15 is 0 Å². The summed E-state index contributed by atoms with van der Waals surface area (Å²) < 4.78 is 1.52. The molecule has 3 amide bonds. The predicted molar refractivity (Wildman–Crippen MR) is 83.8 cm³/mol. The number of urea groups is 1. The number of aryl methyl sites for hydroxylation is 1. The second kappa shape index (κ2) is 6.46. The molecule has 10 nitrogen and oxygen atoms in total. The van der Waals surface area contributed by atoms with Gasteiger partial charge >= 0.3 is 6.03 Å². The van der Waals surface area contributed by atoms with Gasteiger partial charge in [0.25, 0.3) is 0 Å². The molecule has 2 aromatic rings.